The van der Waals surface area contributed by atoms with Crippen molar-refractivity contribution in [3.63, 3.8) is 0 Å². The van der Waals surface area contributed by atoms with Crippen molar-refractivity contribution in [3.05, 3.63) is 54.1 Å². The first kappa shape index (κ1) is 19.1. The molecule has 4 rings (SSSR count). The summed E-state index contributed by atoms with van der Waals surface area (Å²) in [5.74, 6) is -0.0607. The van der Waals surface area contributed by atoms with Crippen LogP contribution in [0.15, 0.2) is 57.8 Å². The Bertz CT molecular complexity index is 1110. The number of hydrogen-bond donors (Lipinski definition) is 2. The Hall–Kier alpha value is -3.20. The molecule has 0 unspecified atom stereocenters. The summed E-state index contributed by atoms with van der Waals surface area (Å²) in [6, 6.07) is 13.0. The fourth-order valence-electron chi connectivity index (χ4n) is 3.65. The van der Waals surface area contributed by atoms with Crippen molar-refractivity contribution >= 4 is 39.0 Å². The lowest BCUT2D eigenvalue weighted by molar-refractivity contribution is -0.119. The molecule has 0 radical (unpaired) electrons. The minimum atomic E-state index is -3.73. The van der Waals surface area contributed by atoms with E-state index in [1.165, 1.54) is 13.0 Å². The first-order valence-electron chi connectivity index (χ1n) is 9.25. The van der Waals surface area contributed by atoms with Gasteiger partial charge in [-0.05, 0) is 49.2 Å². The maximum atomic E-state index is 12.9. The molecule has 0 bridgehead atoms. The van der Waals surface area contributed by atoms with E-state index in [0.717, 1.165) is 6.42 Å². The van der Waals surface area contributed by atoms with Gasteiger partial charge in [0.05, 0.1) is 0 Å². The van der Waals surface area contributed by atoms with Gasteiger partial charge in [0.1, 0.15) is 10.9 Å². The fourth-order valence-corrected chi connectivity index (χ4v) is 4.87. The number of nitrogens with zero attached hydrogens (tertiary/aromatic N) is 2. The van der Waals surface area contributed by atoms with Crippen molar-refractivity contribution in [1.82, 2.24) is 4.90 Å². The zero-order valence-electron chi connectivity index (χ0n) is 15.8. The lowest BCUT2D eigenvalue weighted by Gasteiger charge is -2.25. The van der Waals surface area contributed by atoms with Crippen molar-refractivity contribution in [2.75, 3.05) is 17.2 Å². The van der Waals surface area contributed by atoms with Gasteiger partial charge in [0.2, 0.25) is 11.8 Å². The first-order valence-corrected chi connectivity index (χ1v) is 10.7. The molecule has 2 aromatic carbocycles. The lowest BCUT2D eigenvalue weighted by atomic mass is 10.1. The van der Waals surface area contributed by atoms with Gasteiger partial charge in [-0.2, -0.15) is 8.42 Å². The second-order valence-corrected chi connectivity index (χ2v) is 8.56. The minimum Gasteiger partial charge on any atom is -0.343 e. The Morgan fingerprint density at radius 3 is 2.38 bits per heavy atom. The van der Waals surface area contributed by atoms with Gasteiger partial charge in [-0.15, -0.1) is 4.40 Å². The number of rotatable bonds is 3. The number of nitrogens with one attached hydrogen (secondary N) is 2. The molecule has 8 nitrogen and oxygen atoms in total. The van der Waals surface area contributed by atoms with Gasteiger partial charge in [0, 0.05) is 30.4 Å². The quantitative estimate of drug-likeness (QED) is 0.804. The van der Waals surface area contributed by atoms with Crippen LogP contribution >= 0.6 is 0 Å². The average molecular weight is 412 g/mol. The summed E-state index contributed by atoms with van der Waals surface area (Å²) >= 11 is 0. The lowest BCUT2D eigenvalue weighted by Crippen LogP contribution is -2.43. The van der Waals surface area contributed by atoms with E-state index in [9.17, 15) is 18.0 Å². The molecule has 1 atom stereocenters. The standard InChI is InChI=1S/C20H20N4O4S/c1-13(25)21-14-8-10-15(11-9-14)22-20(26)17-6-4-12-24(17)19-16-5-2-3-7-18(16)29(27,28)23-19/h2-3,5,7-11,17H,4,6,12H2,1H3,(H,21,25)(H,22,26)/t17-/m0/s1. The van der Waals surface area contributed by atoms with Gasteiger partial charge in [0.25, 0.3) is 10.0 Å². The number of carbonyl (C=O) groups excluding carboxylic acids is 2. The topological polar surface area (TPSA) is 108 Å². The van der Waals surface area contributed by atoms with Crippen LogP contribution in [0, 0.1) is 0 Å². The number of amides is 2. The number of benzene rings is 2. The molecule has 2 heterocycles. The maximum Gasteiger partial charge on any atom is 0.285 e. The molecule has 1 fully saturated rings. The molecule has 9 heteroatoms. The third kappa shape index (κ3) is 3.73. The first-order chi connectivity index (χ1) is 13.8. The SMILES string of the molecule is CC(=O)Nc1ccc(NC(=O)[C@@H]2CCCN2C2=NS(=O)(=O)c3ccccc32)cc1. The fraction of sp³-hybridized carbons (Fsp3) is 0.250. The summed E-state index contributed by atoms with van der Waals surface area (Å²) in [5, 5.41) is 5.53. The molecule has 0 saturated carbocycles. The van der Waals surface area contributed by atoms with Gasteiger partial charge in [-0.1, -0.05) is 12.1 Å². The van der Waals surface area contributed by atoms with E-state index in [1.54, 1.807) is 47.4 Å². The Balaban J connectivity index is 1.53. The van der Waals surface area contributed by atoms with Crippen LogP contribution in [0.3, 0.4) is 0 Å². The number of fused-ring (bicyclic) bond motifs is 1. The van der Waals surface area contributed by atoms with Gasteiger partial charge in [-0.3, -0.25) is 9.59 Å². The Labute approximate surface area is 168 Å². The predicted molar refractivity (Wildman–Crippen MR) is 109 cm³/mol. The molecule has 1 saturated heterocycles. The van der Waals surface area contributed by atoms with Crippen LogP contribution < -0.4 is 10.6 Å². The highest BCUT2D eigenvalue weighted by molar-refractivity contribution is 7.90. The monoisotopic (exact) mass is 412 g/mol. The van der Waals surface area contributed by atoms with Crippen LogP contribution in [0.5, 0.6) is 0 Å². The molecule has 0 spiro atoms. The highest BCUT2D eigenvalue weighted by Gasteiger charge is 2.39. The summed E-state index contributed by atoms with van der Waals surface area (Å²) < 4.78 is 28.6. The number of amidine groups is 1. The van der Waals surface area contributed by atoms with Crippen molar-refractivity contribution in [2.24, 2.45) is 4.40 Å². The molecule has 2 aromatic rings. The molecular formula is C20H20N4O4S. The zero-order valence-corrected chi connectivity index (χ0v) is 16.6. The summed E-state index contributed by atoms with van der Waals surface area (Å²) in [4.78, 5) is 25.9. The molecule has 29 heavy (non-hydrogen) atoms. The number of hydrogen-bond acceptors (Lipinski definition) is 5. The van der Waals surface area contributed by atoms with Crippen molar-refractivity contribution in [2.45, 2.75) is 30.7 Å². The van der Waals surface area contributed by atoms with Gasteiger partial charge < -0.3 is 15.5 Å². The van der Waals surface area contributed by atoms with Crippen LogP contribution in [0.1, 0.15) is 25.3 Å². The molecular weight excluding hydrogens is 392 g/mol. The second-order valence-electron chi connectivity index (χ2n) is 6.99. The second kappa shape index (κ2) is 7.32. The summed E-state index contributed by atoms with van der Waals surface area (Å²) in [6.07, 6.45) is 1.37. The summed E-state index contributed by atoms with van der Waals surface area (Å²) in [7, 11) is -3.73. The molecule has 2 aliphatic rings. The number of sulfonamides is 1. The Morgan fingerprint density at radius 1 is 1.03 bits per heavy atom. The minimum absolute atomic E-state index is 0.170. The largest absolute Gasteiger partial charge is 0.343 e. The number of anilines is 2. The van der Waals surface area contributed by atoms with Crippen LogP contribution in [0.2, 0.25) is 0 Å². The third-order valence-corrected chi connectivity index (χ3v) is 6.24. The third-order valence-electron chi connectivity index (χ3n) is 4.91. The summed E-state index contributed by atoms with van der Waals surface area (Å²) in [6.45, 7) is 1.98. The van der Waals surface area contributed by atoms with Gasteiger partial charge >= 0.3 is 0 Å². The van der Waals surface area contributed by atoms with E-state index < -0.39 is 16.1 Å². The Kier molecular flexibility index (Phi) is 4.83. The van der Waals surface area contributed by atoms with Crippen LogP contribution in [-0.2, 0) is 19.6 Å². The van der Waals surface area contributed by atoms with Crippen molar-refractivity contribution in [1.29, 1.82) is 0 Å². The predicted octanol–water partition coefficient (Wildman–Crippen LogP) is 2.20. The number of likely N-dealkylation sites (tertiary alicyclic amines) is 1. The van der Waals surface area contributed by atoms with E-state index in [1.807, 2.05) is 0 Å². The molecule has 0 aromatic heterocycles. The molecule has 0 aliphatic carbocycles. The summed E-state index contributed by atoms with van der Waals surface area (Å²) in [5.41, 5.74) is 1.77. The van der Waals surface area contributed by atoms with E-state index in [-0.39, 0.29) is 16.7 Å². The molecule has 2 N–H and O–H groups in total. The van der Waals surface area contributed by atoms with Gasteiger partial charge in [-0.25, -0.2) is 0 Å². The zero-order chi connectivity index (χ0) is 20.6. The van der Waals surface area contributed by atoms with E-state index in [4.69, 9.17) is 0 Å². The van der Waals surface area contributed by atoms with Crippen LogP contribution in [0.4, 0.5) is 11.4 Å². The highest BCUT2D eigenvalue weighted by atomic mass is 32.2. The molecule has 2 aliphatic heterocycles. The van der Waals surface area contributed by atoms with E-state index >= 15 is 0 Å². The van der Waals surface area contributed by atoms with E-state index in [2.05, 4.69) is 15.0 Å². The maximum absolute atomic E-state index is 12.9. The van der Waals surface area contributed by atoms with E-state index in [0.29, 0.717) is 35.7 Å². The van der Waals surface area contributed by atoms with Gasteiger partial charge in [0.15, 0.2) is 5.84 Å². The van der Waals surface area contributed by atoms with Crippen molar-refractivity contribution < 1.29 is 18.0 Å². The highest BCUT2D eigenvalue weighted by Crippen LogP contribution is 2.31. The molecule has 150 valence electrons. The molecule has 2 amide bonds. The average Bonchev–Trinajstić information content (AvgIpc) is 3.26. The van der Waals surface area contributed by atoms with Crippen molar-refractivity contribution in [3.8, 4) is 0 Å². The van der Waals surface area contributed by atoms with Crippen LogP contribution in [-0.4, -0.2) is 43.6 Å². The smallest absolute Gasteiger partial charge is 0.285 e. The normalized spacial score (nSPS) is 19.4. The Morgan fingerprint density at radius 2 is 1.69 bits per heavy atom. The van der Waals surface area contributed by atoms with Crippen LogP contribution in [0.25, 0.3) is 0 Å². The number of carbonyl (C=O) groups is 2.